The van der Waals surface area contributed by atoms with Crippen LogP contribution >= 0.6 is 11.6 Å². The van der Waals surface area contributed by atoms with Crippen molar-refractivity contribution in [1.82, 2.24) is 4.90 Å². The minimum atomic E-state index is -0.578. The molecule has 6 nitrogen and oxygen atoms in total. The van der Waals surface area contributed by atoms with E-state index in [9.17, 15) is 14.4 Å². The zero-order chi connectivity index (χ0) is 19.1. The summed E-state index contributed by atoms with van der Waals surface area (Å²) in [7, 11) is 1.45. The number of likely N-dealkylation sites (N-methyl/N-ethyl adjacent to an activating group) is 1. The van der Waals surface area contributed by atoms with Gasteiger partial charge in [0.2, 0.25) is 5.91 Å². The summed E-state index contributed by atoms with van der Waals surface area (Å²) < 4.78 is 5.03. The first-order valence-corrected chi connectivity index (χ1v) is 8.27. The maximum atomic E-state index is 12.1. The Morgan fingerprint density at radius 3 is 2.42 bits per heavy atom. The third-order valence-corrected chi connectivity index (χ3v) is 3.98. The molecule has 0 aliphatic heterocycles. The number of nitrogens with one attached hydrogen (secondary N) is 1. The van der Waals surface area contributed by atoms with E-state index in [1.54, 1.807) is 49.4 Å². The number of halogens is 1. The third-order valence-electron chi connectivity index (χ3n) is 3.65. The molecule has 26 heavy (non-hydrogen) atoms. The Kier molecular flexibility index (Phi) is 6.74. The molecule has 0 saturated carbocycles. The fourth-order valence-corrected chi connectivity index (χ4v) is 2.36. The van der Waals surface area contributed by atoms with Crippen LogP contribution < -0.4 is 5.32 Å². The summed E-state index contributed by atoms with van der Waals surface area (Å²) in [5.41, 5.74) is 1.63. The van der Waals surface area contributed by atoms with Crippen molar-refractivity contribution in [2.24, 2.45) is 0 Å². The molecule has 0 fully saturated rings. The van der Waals surface area contributed by atoms with Crippen LogP contribution in [0.15, 0.2) is 48.5 Å². The molecule has 0 saturated heterocycles. The molecule has 2 aromatic rings. The minimum Gasteiger partial charge on any atom is -0.452 e. The molecule has 2 aromatic carbocycles. The largest absolute Gasteiger partial charge is 0.452 e. The van der Waals surface area contributed by atoms with E-state index in [0.29, 0.717) is 16.3 Å². The van der Waals surface area contributed by atoms with Crippen LogP contribution in [0.4, 0.5) is 5.69 Å². The summed E-state index contributed by atoms with van der Waals surface area (Å²) in [5, 5.41) is 3.03. The van der Waals surface area contributed by atoms with Crippen molar-refractivity contribution in [2.45, 2.75) is 6.92 Å². The van der Waals surface area contributed by atoms with Crippen LogP contribution in [0.1, 0.15) is 15.9 Å². The molecule has 0 radical (unpaired) electrons. The zero-order valence-electron chi connectivity index (χ0n) is 14.5. The average Bonchev–Trinajstić information content (AvgIpc) is 2.61. The highest BCUT2D eigenvalue weighted by atomic mass is 35.5. The van der Waals surface area contributed by atoms with Gasteiger partial charge in [-0.1, -0.05) is 41.9 Å². The fraction of sp³-hybridized carbons (Fsp3) is 0.211. The number of ether oxygens (including phenoxy) is 1. The zero-order valence-corrected chi connectivity index (χ0v) is 15.2. The van der Waals surface area contributed by atoms with E-state index in [4.69, 9.17) is 16.3 Å². The molecule has 0 spiro atoms. The number of esters is 1. The van der Waals surface area contributed by atoms with E-state index in [-0.39, 0.29) is 6.54 Å². The van der Waals surface area contributed by atoms with Gasteiger partial charge >= 0.3 is 5.97 Å². The van der Waals surface area contributed by atoms with Gasteiger partial charge in [0, 0.05) is 7.05 Å². The van der Waals surface area contributed by atoms with E-state index in [1.165, 1.54) is 11.9 Å². The molecular weight excluding hydrogens is 356 g/mol. The summed E-state index contributed by atoms with van der Waals surface area (Å²) >= 11 is 5.97. The Hall–Kier alpha value is -2.86. The van der Waals surface area contributed by atoms with Crippen LogP contribution in [-0.4, -0.2) is 42.9 Å². The molecule has 0 unspecified atom stereocenters. The highest BCUT2D eigenvalue weighted by molar-refractivity contribution is 6.33. The Morgan fingerprint density at radius 1 is 1.08 bits per heavy atom. The number of carbonyl (C=O) groups excluding carboxylic acids is 3. The predicted octanol–water partition coefficient (Wildman–Crippen LogP) is 2.90. The molecular formula is C19H19ClN2O4. The number of amides is 2. The lowest BCUT2D eigenvalue weighted by Gasteiger charge is -2.17. The molecule has 2 rings (SSSR count). The van der Waals surface area contributed by atoms with Crippen molar-refractivity contribution in [2.75, 3.05) is 25.5 Å². The van der Waals surface area contributed by atoms with Crippen molar-refractivity contribution < 1.29 is 19.1 Å². The van der Waals surface area contributed by atoms with E-state index in [2.05, 4.69) is 5.32 Å². The molecule has 7 heteroatoms. The molecule has 0 atom stereocenters. The number of hydrogen-bond donors (Lipinski definition) is 1. The summed E-state index contributed by atoms with van der Waals surface area (Å²) in [6.07, 6.45) is 0. The van der Waals surface area contributed by atoms with Gasteiger partial charge < -0.3 is 15.0 Å². The molecule has 0 aliphatic carbocycles. The molecule has 0 aromatic heterocycles. The van der Waals surface area contributed by atoms with Crippen molar-refractivity contribution in [3.8, 4) is 0 Å². The number of benzene rings is 2. The summed E-state index contributed by atoms with van der Waals surface area (Å²) in [6, 6.07) is 13.7. The van der Waals surface area contributed by atoms with Crippen LogP contribution in [0.5, 0.6) is 0 Å². The monoisotopic (exact) mass is 374 g/mol. The number of nitrogens with zero attached hydrogens (tertiary/aromatic N) is 1. The van der Waals surface area contributed by atoms with Crippen molar-refractivity contribution in [1.29, 1.82) is 0 Å². The molecule has 2 amide bonds. The first kappa shape index (κ1) is 19.5. The molecule has 0 bridgehead atoms. The lowest BCUT2D eigenvalue weighted by molar-refractivity contribution is -0.136. The van der Waals surface area contributed by atoms with Gasteiger partial charge in [-0.25, -0.2) is 4.79 Å². The second-order valence-electron chi connectivity index (χ2n) is 5.67. The van der Waals surface area contributed by atoms with Gasteiger partial charge in [0.1, 0.15) is 0 Å². The molecule has 0 heterocycles. The van der Waals surface area contributed by atoms with Crippen LogP contribution in [0.3, 0.4) is 0 Å². The van der Waals surface area contributed by atoms with E-state index >= 15 is 0 Å². The second-order valence-corrected chi connectivity index (χ2v) is 6.08. The van der Waals surface area contributed by atoms with Gasteiger partial charge in [0.25, 0.3) is 5.91 Å². The number of para-hydroxylation sites is 1. The van der Waals surface area contributed by atoms with Crippen LogP contribution in [0, 0.1) is 6.92 Å². The van der Waals surface area contributed by atoms with Gasteiger partial charge in [-0.3, -0.25) is 9.59 Å². The van der Waals surface area contributed by atoms with Gasteiger partial charge in [-0.15, -0.1) is 0 Å². The smallest absolute Gasteiger partial charge is 0.338 e. The predicted molar refractivity (Wildman–Crippen MR) is 99.2 cm³/mol. The quantitative estimate of drug-likeness (QED) is 0.789. The maximum absolute atomic E-state index is 12.1. The van der Waals surface area contributed by atoms with Gasteiger partial charge in [-0.05, 0) is 30.7 Å². The molecule has 0 aliphatic rings. The van der Waals surface area contributed by atoms with Gasteiger partial charge in [-0.2, -0.15) is 0 Å². The van der Waals surface area contributed by atoms with Crippen molar-refractivity contribution in [3.63, 3.8) is 0 Å². The number of aryl methyl sites for hydroxylation is 1. The van der Waals surface area contributed by atoms with E-state index < -0.39 is 24.4 Å². The van der Waals surface area contributed by atoms with Crippen LogP contribution in [0.25, 0.3) is 0 Å². The first-order valence-electron chi connectivity index (χ1n) is 7.89. The Balaban J connectivity index is 1.84. The lowest BCUT2D eigenvalue weighted by Crippen LogP contribution is -2.37. The standard InChI is InChI=1S/C19H19ClN2O4/c1-13-7-3-4-8-14(13)19(25)26-12-18(24)22(2)11-17(23)21-16-10-6-5-9-15(16)20/h3-10H,11-12H2,1-2H3,(H,21,23). The number of hydrogen-bond acceptors (Lipinski definition) is 4. The Morgan fingerprint density at radius 2 is 1.73 bits per heavy atom. The number of rotatable bonds is 6. The number of anilines is 1. The second kappa shape index (κ2) is 9.01. The van der Waals surface area contributed by atoms with E-state index in [1.807, 2.05) is 6.07 Å². The van der Waals surface area contributed by atoms with Gasteiger partial charge in [0.15, 0.2) is 6.61 Å². The molecule has 136 valence electrons. The summed E-state index contributed by atoms with van der Waals surface area (Å²) in [5.74, 6) is -1.47. The Labute approximate surface area is 156 Å². The average molecular weight is 375 g/mol. The van der Waals surface area contributed by atoms with E-state index in [0.717, 1.165) is 5.56 Å². The highest BCUT2D eigenvalue weighted by Gasteiger charge is 2.17. The van der Waals surface area contributed by atoms with Crippen LogP contribution in [-0.2, 0) is 14.3 Å². The number of carbonyl (C=O) groups is 3. The van der Waals surface area contributed by atoms with Crippen molar-refractivity contribution >= 4 is 35.1 Å². The summed E-state index contributed by atoms with van der Waals surface area (Å²) in [6.45, 7) is 1.15. The Bertz CT molecular complexity index is 823. The fourth-order valence-electron chi connectivity index (χ4n) is 2.17. The normalized spacial score (nSPS) is 10.1. The maximum Gasteiger partial charge on any atom is 0.338 e. The first-order chi connectivity index (χ1) is 12.4. The topological polar surface area (TPSA) is 75.7 Å². The van der Waals surface area contributed by atoms with Crippen molar-refractivity contribution in [3.05, 3.63) is 64.7 Å². The lowest BCUT2D eigenvalue weighted by atomic mass is 10.1. The van der Waals surface area contributed by atoms with Crippen LogP contribution in [0.2, 0.25) is 5.02 Å². The van der Waals surface area contributed by atoms with Gasteiger partial charge in [0.05, 0.1) is 22.8 Å². The summed E-state index contributed by atoms with van der Waals surface area (Å²) in [4.78, 5) is 37.3. The SMILES string of the molecule is Cc1ccccc1C(=O)OCC(=O)N(C)CC(=O)Nc1ccccc1Cl. The molecule has 1 N–H and O–H groups in total. The minimum absolute atomic E-state index is 0.189. The third kappa shape index (κ3) is 5.32. The highest BCUT2D eigenvalue weighted by Crippen LogP contribution is 2.20.